The first-order valence-electron chi connectivity index (χ1n) is 10.4. The van der Waals surface area contributed by atoms with E-state index in [1.54, 1.807) is 12.3 Å². The number of nitrogens with one attached hydrogen (secondary N) is 2. The molecule has 0 spiro atoms. The zero-order chi connectivity index (χ0) is 21.0. The van der Waals surface area contributed by atoms with Crippen molar-refractivity contribution in [2.45, 2.75) is 44.6 Å². The van der Waals surface area contributed by atoms with Crippen LogP contribution in [0.2, 0.25) is 0 Å². The van der Waals surface area contributed by atoms with Crippen molar-refractivity contribution in [1.29, 1.82) is 0 Å². The van der Waals surface area contributed by atoms with E-state index in [1.807, 2.05) is 49.4 Å². The molecule has 0 unspecified atom stereocenters. The average Bonchev–Trinajstić information content (AvgIpc) is 2.75. The molecule has 0 saturated heterocycles. The zero-order valence-electron chi connectivity index (χ0n) is 17.1. The Morgan fingerprint density at radius 2 is 1.73 bits per heavy atom. The predicted molar refractivity (Wildman–Crippen MR) is 118 cm³/mol. The lowest BCUT2D eigenvalue weighted by atomic mass is 9.76. The summed E-state index contributed by atoms with van der Waals surface area (Å²) >= 11 is 0. The number of hydrogen-bond donors (Lipinski definition) is 2. The highest BCUT2D eigenvalue weighted by Crippen LogP contribution is 2.37. The van der Waals surface area contributed by atoms with Crippen LogP contribution in [0.3, 0.4) is 0 Å². The Morgan fingerprint density at radius 3 is 2.43 bits per heavy atom. The number of aromatic nitrogens is 1. The van der Waals surface area contributed by atoms with E-state index < -0.39 is 5.54 Å². The minimum atomic E-state index is -0.529. The molecule has 2 N–H and O–H groups in total. The summed E-state index contributed by atoms with van der Waals surface area (Å²) in [5, 5.41) is 6.09. The normalized spacial score (nSPS) is 15.4. The lowest BCUT2D eigenvalue weighted by Crippen LogP contribution is -2.48. The van der Waals surface area contributed by atoms with Crippen molar-refractivity contribution >= 4 is 11.7 Å². The maximum absolute atomic E-state index is 13.8. The highest BCUT2D eigenvalue weighted by Gasteiger charge is 2.35. The molecular formula is C25H26FN3O. The number of carbonyl (C=O) groups is 1. The number of halogens is 1. The Bertz CT molecular complexity index is 1030. The molecular weight excluding hydrogens is 377 g/mol. The van der Waals surface area contributed by atoms with Crippen molar-refractivity contribution in [3.8, 4) is 11.1 Å². The second kappa shape index (κ2) is 8.66. The van der Waals surface area contributed by atoms with Crippen LogP contribution in [0.4, 0.5) is 14.9 Å². The molecule has 3 aromatic rings. The third-order valence-corrected chi connectivity index (χ3v) is 5.81. The molecule has 1 aromatic heterocycles. The molecule has 0 radical (unpaired) electrons. The third kappa shape index (κ3) is 4.51. The first-order valence-corrected chi connectivity index (χ1v) is 10.4. The van der Waals surface area contributed by atoms with Crippen molar-refractivity contribution in [3.05, 3.63) is 83.9 Å². The van der Waals surface area contributed by atoms with Gasteiger partial charge in [-0.25, -0.2) is 9.18 Å². The molecule has 5 heteroatoms. The monoisotopic (exact) mass is 403 g/mol. The van der Waals surface area contributed by atoms with Gasteiger partial charge in [-0.1, -0.05) is 43.5 Å². The Hall–Kier alpha value is -3.21. The van der Waals surface area contributed by atoms with E-state index >= 15 is 0 Å². The molecule has 0 atom stereocenters. The van der Waals surface area contributed by atoms with Crippen molar-refractivity contribution in [2.75, 3.05) is 5.32 Å². The van der Waals surface area contributed by atoms with E-state index in [0.29, 0.717) is 5.69 Å². The van der Waals surface area contributed by atoms with Gasteiger partial charge in [0.2, 0.25) is 0 Å². The average molecular weight is 404 g/mol. The number of nitrogens with zero attached hydrogens (tertiary/aromatic N) is 1. The SMILES string of the molecule is Cc1cc(-c2ccc(NC(=O)NC3(c4cccc(F)c4)CCCCC3)cc2)ccn1. The van der Waals surface area contributed by atoms with Crippen LogP contribution < -0.4 is 10.6 Å². The number of anilines is 1. The fourth-order valence-electron chi connectivity index (χ4n) is 4.28. The summed E-state index contributed by atoms with van der Waals surface area (Å²) in [5.41, 5.74) is 4.14. The van der Waals surface area contributed by atoms with Crippen LogP contribution in [0, 0.1) is 12.7 Å². The Balaban J connectivity index is 1.48. The van der Waals surface area contributed by atoms with Gasteiger partial charge in [0.05, 0.1) is 5.54 Å². The second-order valence-corrected chi connectivity index (χ2v) is 8.00. The lowest BCUT2D eigenvalue weighted by Gasteiger charge is -2.38. The number of amides is 2. The van der Waals surface area contributed by atoms with E-state index in [4.69, 9.17) is 0 Å². The quantitative estimate of drug-likeness (QED) is 0.547. The highest BCUT2D eigenvalue weighted by atomic mass is 19.1. The van der Waals surface area contributed by atoms with E-state index in [1.165, 1.54) is 12.1 Å². The number of urea groups is 1. The Kier molecular flexibility index (Phi) is 5.79. The molecule has 2 aromatic carbocycles. The molecule has 1 aliphatic rings. The zero-order valence-corrected chi connectivity index (χ0v) is 17.1. The minimum absolute atomic E-state index is 0.270. The van der Waals surface area contributed by atoms with Gasteiger partial charge in [0.25, 0.3) is 0 Å². The Morgan fingerprint density at radius 1 is 0.967 bits per heavy atom. The van der Waals surface area contributed by atoms with Crippen LogP contribution in [-0.2, 0) is 5.54 Å². The van der Waals surface area contributed by atoms with E-state index in [2.05, 4.69) is 15.6 Å². The number of benzene rings is 2. The smallest absolute Gasteiger partial charge is 0.319 e. The minimum Gasteiger partial charge on any atom is -0.328 e. The molecule has 1 aliphatic carbocycles. The van der Waals surface area contributed by atoms with E-state index in [-0.39, 0.29) is 11.8 Å². The summed E-state index contributed by atoms with van der Waals surface area (Å²) in [4.78, 5) is 17.0. The molecule has 0 aliphatic heterocycles. The maximum Gasteiger partial charge on any atom is 0.319 e. The molecule has 2 amide bonds. The van der Waals surface area contributed by atoms with Crippen molar-refractivity contribution < 1.29 is 9.18 Å². The summed E-state index contributed by atoms with van der Waals surface area (Å²) in [7, 11) is 0. The van der Waals surface area contributed by atoms with Crippen molar-refractivity contribution in [1.82, 2.24) is 10.3 Å². The van der Waals surface area contributed by atoms with Gasteiger partial charge in [-0.2, -0.15) is 0 Å². The topological polar surface area (TPSA) is 54.0 Å². The predicted octanol–water partition coefficient (Wildman–Crippen LogP) is 6.18. The van der Waals surface area contributed by atoms with Crippen molar-refractivity contribution in [3.63, 3.8) is 0 Å². The number of hydrogen-bond acceptors (Lipinski definition) is 2. The molecule has 4 rings (SSSR count). The van der Waals surface area contributed by atoms with Gasteiger partial charge in [-0.3, -0.25) is 4.98 Å². The number of rotatable bonds is 4. The first kappa shape index (κ1) is 20.1. The number of aryl methyl sites for hydroxylation is 1. The third-order valence-electron chi connectivity index (χ3n) is 5.81. The van der Waals surface area contributed by atoms with Gasteiger partial charge in [0.1, 0.15) is 5.82 Å². The van der Waals surface area contributed by atoms with Crippen LogP contribution in [0.1, 0.15) is 43.4 Å². The van der Waals surface area contributed by atoms with Gasteiger partial charge in [-0.15, -0.1) is 0 Å². The molecule has 154 valence electrons. The largest absolute Gasteiger partial charge is 0.328 e. The second-order valence-electron chi connectivity index (χ2n) is 8.00. The van der Waals surface area contributed by atoms with Crippen LogP contribution in [-0.4, -0.2) is 11.0 Å². The van der Waals surface area contributed by atoms with Gasteiger partial charge in [0.15, 0.2) is 0 Å². The molecule has 0 bridgehead atoms. The summed E-state index contributed by atoms with van der Waals surface area (Å²) in [6.07, 6.45) is 6.57. The fraction of sp³-hybridized carbons (Fsp3) is 0.280. The van der Waals surface area contributed by atoms with Gasteiger partial charge in [0, 0.05) is 17.6 Å². The standard InChI is InChI=1S/C25H26FN3O/c1-18-16-20(12-15-27-18)19-8-10-23(11-9-19)28-24(30)29-25(13-3-2-4-14-25)21-6-5-7-22(26)17-21/h5-12,15-17H,2-4,13-14H2,1H3,(H2,28,29,30). The van der Waals surface area contributed by atoms with Crippen molar-refractivity contribution in [2.24, 2.45) is 0 Å². The highest BCUT2D eigenvalue weighted by molar-refractivity contribution is 5.90. The molecule has 1 fully saturated rings. The molecule has 1 saturated carbocycles. The van der Waals surface area contributed by atoms with Crippen LogP contribution >= 0.6 is 0 Å². The van der Waals surface area contributed by atoms with Crippen LogP contribution in [0.15, 0.2) is 66.9 Å². The molecule has 30 heavy (non-hydrogen) atoms. The van der Waals surface area contributed by atoms with Crippen LogP contribution in [0.25, 0.3) is 11.1 Å². The number of pyridine rings is 1. The van der Waals surface area contributed by atoms with E-state index in [0.717, 1.165) is 54.5 Å². The summed E-state index contributed by atoms with van der Waals surface area (Å²) in [6, 6.07) is 18.0. The fourth-order valence-corrected chi connectivity index (χ4v) is 4.28. The summed E-state index contributed by atoms with van der Waals surface area (Å²) < 4.78 is 13.8. The first-order chi connectivity index (χ1) is 14.5. The lowest BCUT2D eigenvalue weighted by molar-refractivity contribution is 0.212. The van der Waals surface area contributed by atoms with Gasteiger partial charge >= 0.3 is 6.03 Å². The maximum atomic E-state index is 13.8. The van der Waals surface area contributed by atoms with Gasteiger partial charge in [-0.05, 0) is 72.9 Å². The molecule has 1 heterocycles. The summed E-state index contributed by atoms with van der Waals surface area (Å²) in [6.45, 7) is 1.96. The Labute approximate surface area is 176 Å². The number of carbonyl (C=O) groups excluding carboxylic acids is 1. The summed E-state index contributed by atoms with van der Waals surface area (Å²) in [5.74, 6) is -0.276. The van der Waals surface area contributed by atoms with E-state index in [9.17, 15) is 9.18 Å². The molecule has 4 nitrogen and oxygen atoms in total. The van der Waals surface area contributed by atoms with Crippen LogP contribution in [0.5, 0.6) is 0 Å². The van der Waals surface area contributed by atoms with Gasteiger partial charge < -0.3 is 10.6 Å².